The van der Waals surface area contributed by atoms with Crippen LogP contribution in [0.5, 0.6) is 22.4 Å². The molecule has 0 radical (unpaired) electrons. The van der Waals surface area contributed by atoms with Crippen LogP contribution in [0.1, 0.15) is 5.56 Å². The van der Waals surface area contributed by atoms with E-state index in [1.54, 1.807) is 48.5 Å². The van der Waals surface area contributed by atoms with Crippen LogP contribution in [0, 0.1) is 11.3 Å². The summed E-state index contributed by atoms with van der Waals surface area (Å²) < 4.78 is 12.6. The minimum atomic E-state index is -0.257. The van der Waals surface area contributed by atoms with Gasteiger partial charge in [0, 0.05) is 12.3 Å². The van der Waals surface area contributed by atoms with E-state index >= 15 is 0 Å². The SMILES string of the molecule is N#Cc1ccc(Oc2ccc(Oc3nn4c(=O)ccnc4s3)cc2)cc1. The Hall–Kier alpha value is -3.70. The summed E-state index contributed by atoms with van der Waals surface area (Å²) in [6.07, 6.45) is 1.44. The molecule has 0 aliphatic rings. The third-order valence-electron chi connectivity index (χ3n) is 3.40. The van der Waals surface area contributed by atoms with Gasteiger partial charge in [-0.1, -0.05) is 0 Å². The van der Waals surface area contributed by atoms with Gasteiger partial charge in [-0.25, -0.2) is 4.98 Å². The molecule has 4 aromatic rings. The number of ether oxygens (including phenoxy) is 2. The molecule has 0 fully saturated rings. The molecule has 26 heavy (non-hydrogen) atoms. The fourth-order valence-electron chi connectivity index (χ4n) is 2.18. The van der Waals surface area contributed by atoms with Crippen molar-refractivity contribution in [2.45, 2.75) is 0 Å². The van der Waals surface area contributed by atoms with Gasteiger partial charge in [-0.2, -0.15) is 9.78 Å². The molecule has 2 aromatic heterocycles. The highest BCUT2D eigenvalue weighted by Crippen LogP contribution is 2.28. The van der Waals surface area contributed by atoms with E-state index in [0.29, 0.717) is 33.0 Å². The van der Waals surface area contributed by atoms with Crippen LogP contribution in [-0.2, 0) is 0 Å². The molecule has 2 aromatic carbocycles. The molecule has 7 nitrogen and oxygen atoms in total. The number of nitriles is 1. The molecule has 0 saturated carbocycles. The summed E-state index contributed by atoms with van der Waals surface area (Å²) in [5.41, 5.74) is 0.317. The Balaban J connectivity index is 1.49. The molecular formula is C18H10N4O3S. The molecule has 0 aliphatic heterocycles. The van der Waals surface area contributed by atoms with Crippen LogP contribution in [0.3, 0.4) is 0 Å². The first kappa shape index (κ1) is 15.8. The zero-order chi connectivity index (χ0) is 17.9. The molecule has 8 heteroatoms. The van der Waals surface area contributed by atoms with Crippen LogP contribution in [0.4, 0.5) is 0 Å². The van der Waals surface area contributed by atoms with E-state index in [1.807, 2.05) is 0 Å². The highest BCUT2D eigenvalue weighted by atomic mass is 32.1. The Morgan fingerprint density at radius 3 is 2.15 bits per heavy atom. The second-order valence-corrected chi connectivity index (χ2v) is 6.08. The first-order valence-corrected chi connectivity index (χ1v) is 8.34. The predicted octanol–water partition coefficient (Wildman–Crippen LogP) is 3.61. The van der Waals surface area contributed by atoms with Crippen molar-refractivity contribution in [3.05, 3.63) is 76.7 Å². The van der Waals surface area contributed by atoms with E-state index in [4.69, 9.17) is 14.7 Å². The van der Waals surface area contributed by atoms with Gasteiger partial charge >= 0.3 is 0 Å². The average molecular weight is 362 g/mol. The van der Waals surface area contributed by atoms with Crippen LogP contribution in [0.25, 0.3) is 4.96 Å². The number of benzene rings is 2. The van der Waals surface area contributed by atoms with E-state index in [2.05, 4.69) is 16.2 Å². The van der Waals surface area contributed by atoms with Crippen molar-refractivity contribution in [3.63, 3.8) is 0 Å². The van der Waals surface area contributed by atoms with Crippen molar-refractivity contribution in [2.24, 2.45) is 0 Å². The quantitative estimate of drug-likeness (QED) is 0.551. The van der Waals surface area contributed by atoms with E-state index < -0.39 is 0 Å². The fraction of sp³-hybridized carbons (Fsp3) is 0. The lowest BCUT2D eigenvalue weighted by Gasteiger charge is -2.06. The molecule has 4 rings (SSSR count). The van der Waals surface area contributed by atoms with Gasteiger partial charge in [0.15, 0.2) is 0 Å². The molecule has 0 aliphatic carbocycles. The molecule has 126 valence electrons. The Labute approximate surface area is 151 Å². The van der Waals surface area contributed by atoms with E-state index in [-0.39, 0.29) is 5.56 Å². The van der Waals surface area contributed by atoms with Crippen LogP contribution >= 0.6 is 11.3 Å². The lowest BCUT2D eigenvalue weighted by atomic mass is 10.2. The van der Waals surface area contributed by atoms with Crippen molar-refractivity contribution in [1.82, 2.24) is 14.6 Å². The van der Waals surface area contributed by atoms with Gasteiger partial charge in [0.1, 0.15) is 17.2 Å². The maximum Gasteiger partial charge on any atom is 0.299 e. The number of hydrogen-bond donors (Lipinski definition) is 0. The summed E-state index contributed by atoms with van der Waals surface area (Å²) in [5, 5.41) is 13.2. The van der Waals surface area contributed by atoms with Gasteiger partial charge in [-0.05, 0) is 59.9 Å². The molecule has 0 amide bonds. The second-order valence-electron chi connectivity index (χ2n) is 5.16. The molecular weight excluding hydrogens is 352 g/mol. The van der Waals surface area contributed by atoms with E-state index in [0.717, 1.165) is 0 Å². The average Bonchev–Trinajstić information content (AvgIpc) is 3.08. The lowest BCUT2D eigenvalue weighted by molar-refractivity contribution is 0.461. The Bertz CT molecular complexity index is 1160. The summed E-state index contributed by atoms with van der Waals surface area (Å²) in [4.78, 5) is 16.2. The van der Waals surface area contributed by atoms with Crippen molar-refractivity contribution < 1.29 is 9.47 Å². The monoisotopic (exact) mass is 362 g/mol. The zero-order valence-corrected chi connectivity index (χ0v) is 14.0. The van der Waals surface area contributed by atoms with Gasteiger partial charge in [-0.3, -0.25) is 4.79 Å². The Morgan fingerprint density at radius 2 is 1.54 bits per heavy atom. The number of rotatable bonds is 4. The third kappa shape index (κ3) is 3.24. The summed E-state index contributed by atoms with van der Waals surface area (Å²) in [6, 6.07) is 17.2. The van der Waals surface area contributed by atoms with E-state index in [1.165, 1.54) is 28.1 Å². The Morgan fingerprint density at radius 1 is 0.923 bits per heavy atom. The number of fused-ring (bicyclic) bond motifs is 1. The van der Waals surface area contributed by atoms with Gasteiger partial charge in [0.05, 0.1) is 11.6 Å². The summed E-state index contributed by atoms with van der Waals surface area (Å²) in [7, 11) is 0. The zero-order valence-electron chi connectivity index (χ0n) is 13.2. The van der Waals surface area contributed by atoms with Gasteiger partial charge < -0.3 is 9.47 Å². The minimum Gasteiger partial charge on any atom is -0.457 e. The fourth-order valence-corrected chi connectivity index (χ4v) is 2.92. The smallest absolute Gasteiger partial charge is 0.299 e. The third-order valence-corrected chi connectivity index (χ3v) is 4.20. The first-order valence-electron chi connectivity index (χ1n) is 7.52. The second kappa shape index (κ2) is 6.66. The topological polar surface area (TPSA) is 89.5 Å². The maximum atomic E-state index is 11.7. The minimum absolute atomic E-state index is 0.257. The number of hydrogen-bond acceptors (Lipinski definition) is 7. The Kier molecular flexibility index (Phi) is 4.05. The lowest BCUT2D eigenvalue weighted by Crippen LogP contribution is -2.12. The van der Waals surface area contributed by atoms with Crippen molar-refractivity contribution >= 4 is 16.3 Å². The normalized spacial score (nSPS) is 10.4. The molecule has 0 unspecified atom stereocenters. The highest BCUT2D eigenvalue weighted by molar-refractivity contribution is 7.18. The molecule has 0 N–H and O–H groups in total. The largest absolute Gasteiger partial charge is 0.457 e. The molecule has 0 saturated heterocycles. The van der Waals surface area contributed by atoms with Crippen LogP contribution < -0.4 is 15.0 Å². The summed E-state index contributed by atoms with van der Waals surface area (Å²) >= 11 is 1.18. The van der Waals surface area contributed by atoms with Gasteiger partial charge in [-0.15, -0.1) is 5.10 Å². The molecule has 0 bridgehead atoms. The molecule has 0 atom stereocenters. The predicted molar refractivity (Wildman–Crippen MR) is 94.9 cm³/mol. The summed E-state index contributed by atoms with van der Waals surface area (Å²) in [5.74, 6) is 1.82. The van der Waals surface area contributed by atoms with Crippen molar-refractivity contribution in [1.29, 1.82) is 5.26 Å². The van der Waals surface area contributed by atoms with Crippen LogP contribution in [-0.4, -0.2) is 14.6 Å². The molecule has 0 spiro atoms. The van der Waals surface area contributed by atoms with Crippen LogP contribution in [0.2, 0.25) is 0 Å². The molecule has 2 heterocycles. The first-order chi connectivity index (χ1) is 12.7. The van der Waals surface area contributed by atoms with Gasteiger partial charge in [0.2, 0.25) is 4.96 Å². The van der Waals surface area contributed by atoms with Crippen molar-refractivity contribution in [2.75, 3.05) is 0 Å². The van der Waals surface area contributed by atoms with Crippen LogP contribution in [0.15, 0.2) is 65.6 Å². The van der Waals surface area contributed by atoms with E-state index in [9.17, 15) is 4.79 Å². The maximum absolute atomic E-state index is 11.7. The number of aromatic nitrogens is 3. The number of nitrogens with zero attached hydrogens (tertiary/aromatic N) is 4. The van der Waals surface area contributed by atoms with Gasteiger partial charge in [0.25, 0.3) is 10.8 Å². The standard InChI is InChI=1S/C18H10N4O3S/c19-11-12-1-3-13(4-2-12)24-14-5-7-15(8-6-14)25-18-21-22-16(23)9-10-20-17(22)26-18/h1-10H. The van der Waals surface area contributed by atoms with Crippen molar-refractivity contribution in [3.8, 4) is 28.5 Å². The summed E-state index contributed by atoms with van der Waals surface area (Å²) in [6.45, 7) is 0. The highest BCUT2D eigenvalue weighted by Gasteiger charge is 2.08.